The van der Waals surface area contributed by atoms with Crippen molar-refractivity contribution in [3.63, 3.8) is 0 Å². The molecular formula is C49H87N4O11P. The third-order valence-electron chi connectivity index (χ3n) is 12.2. The molecule has 15 nitrogen and oxygen atoms in total. The van der Waals surface area contributed by atoms with Crippen molar-refractivity contribution in [2.75, 3.05) is 25.6 Å². The third-order valence-corrected chi connectivity index (χ3v) is 13.1. The van der Waals surface area contributed by atoms with Gasteiger partial charge in [0, 0.05) is 19.0 Å². The summed E-state index contributed by atoms with van der Waals surface area (Å²) in [6.07, 6.45) is 32.5. The number of aromatic nitrogens is 2. The van der Waals surface area contributed by atoms with Crippen molar-refractivity contribution >= 4 is 25.6 Å². The highest BCUT2D eigenvalue weighted by Crippen LogP contribution is 2.45. The van der Waals surface area contributed by atoms with Gasteiger partial charge >= 0.3 is 25.5 Å². The number of carbonyl (C=O) groups excluding carboxylic acids is 2. The lowest BCUT2D eigenvalue weighted by atomic mass is 10.0. The normalized spacial score (nSPS) is 18.6. The molecule has 0 aliphatic carbocycles. The van der Waals surface area contributed by atoms with Crippen molar-refractivity contribution in [3.05, 3.63) is 22.7 Å². The lowest BCUT2D eigenvalue weighted by Crippen LogP contribution is -2.32. The summed E-state index contributed by atoms with van der Waals surface area (Å²) >= 11 is 0. The molecule has 0 saturated carbocycles. The van der Waals surface area contributed by atoms with Gasteiger partial charge in [0.15, 0.2) is 12.3 Å². The van der Waals surface area contributed by atoms with Crippen LogP contribution in [0.4, 0.5) is 5.82 Å². The van der Waals surface area contributed by atoms with Crippen LogP contribution in [-0.2, 0) is 37.4 Å². The Morgan fingerprint density at radius 2 is 1.17 bits per heavy atom. The van der Waals surface area contributed by atoms with Gasteiger partial charge < -0.3 is 29.9 Å². The first-order valence-corrected chi connectivity index (χ1v) is 27.1. The van der Waals surface area contributed by atoms with E-state index in [0.29, 0.717) is 12.8 Å². The minimum Gasteiger partial charge on any atom is -0.462 e. The fourth-order valence-electron chi connectivity index (χ4n) is 8.16. The lowest BCUT2D eigenvalue weighted by molar-refractivity contribution is -0.161. The molecule has 1 aliphatic rings. The molecule has 1 saturated heterocycles. The first kappa shape index (κ1) is 58.3. The molecule has 65 heavy (non-hydrogen) atoms. The number of rotatable bonds is 42. The molecule has 2 heterocycles. The number of aliphatic hydroxyl groups is 1. The number of esters is 2. The standard InChI is InChI=1S/C49H87N4O11P/c1-3-5-7-9-11-13-15-17-19-21-23-25-27-29-31-33-45(54)60-38-41(63-46(55)34-32-30-28-26-24-22-20-18-16-14-12-10-8-6-4-2)39-61-65(58,59)62-40-43-47(56)42(37-50)48(64-43)53-36-35-44(51)52-49(53)57/h35-36,41-43,47-48,56H,3-34,38-40H2,1-2H3,(H,58,59)(H2,51,52,57)/t41?,42-,43+,47-,48+/m0/s1. The number of nitrogen functional groups attached to an aromatic ring is 1. The Kier molecular flexibility index (Phi) is 33.3. The molecule has 2 unspecified atom stereocenters. The molecular weight excluding hydrogens is 852 g/mol. The van der Waals surface area contributed by atoms with Crippen molar-refractivity contribution in [2.45, 2.75) is 244 Å². The quantitative estimate of drug-likeness (QED) is 0.0315. The highest BCUT2D eigenvalue weighted by molar-refractivity contribution is 7.47. The number of hydrogen-bond acceptors (Lipinski definition) is 13. The second-order valence-electron chi connectivity index (χ2n) is 18.0. The predicted octanol–water partition coefficient (Wildman–Crippen LogP) is 11.3. The van der Waals surface area contributed by atoms with Crippen LogP contribution in [0.2, 0.25) is 0 Å². The lowest BCUT2D eigenvalue weighted by Gasteiger charge is -2.21. The van der Waals surface area contributed by atoms with Crippen molar-refractivity contribution in [3.8, 4) is 6.07 Å². The van der Waals surface area contributed by atoms with E-state index in [1.807, 2.05) is 6.07 Å². The molecule has 0 radical (unpaired) electrons. The maximum Gasteiger partial charge on any atom is 0.472 e. The summed E-state index contributed by atoms with van der Waals surface area (Å²) in [4.78, 5) is 52.1. The molecule has 0 spiro atoms. The number of anilines is 1. The molecule has 0 amide bonds. The summed E-state index contributed by atoms with van der Waals surface area (Å²) in [5.41, 5.74) is 4.75. The van der Waals surface area contributed by atoms with E-state index in [4.69, 9.17) is 29.0 Å². The fourth-order valence-corrected chi connectivity index (χ4v) is 8.93. The Balaban J connectivity index is 1.76. The van der Waals surface area contributed by atoms with E-state index in [0.717, 1.165) is 43.1 Å². The Morgan fingerprint density at radius 1 is 0.738 bits per heavy atom. The van der Waals surface area contributed by atoms with Crippen LogP contribution in [0.3, 0.4) is 0 Å². The van der Waals surface area contributed by atoms with Gasteiger partial charge in [-0.05, 0) is 18.9 Å². The van der Waals surface area contributed by atoms with Gasteiger partial charge in [-0.1, -0.05) is 194 Å². The van der Waals surface area contributed by atoms with Crippen LogP contribution >= 0.6 is 7.82 Å². The monoisotopic (exact) mass is 939 g/mol. The van der Waals surface area contributed by atoms with Crippen LogP contribution in [0.25, 0.3) is 0 Å². The topological polar surface area (TPSA) is 223 Å². The zero-order valence-electron chi connectivity index (χ0n) is 40.2. The van der Waals surface area contributed by atoms with E-state index >= 15 is 0 Å². The van der Waals surface area contributed by atoms with E-state index in [2.05, 4.69) is 18.8 Å². The smallest absolute Gasteiger partial charge is 0.462 e. The van der Waals surface area contributed by atoms with Crippen LogP contribution in [0, 0.1) is 17.2 Å². The number of hydrogen-bond donors (Lipinski definition) is 3. The summed E-state index contributed by atoms with van der Waals surface area (Å²) in [5, 5.41) is 20.4. The van der Waals surface area contributed by atoms with Crippen molar-refractivity contribution in [2.24, 2.45) is 5.92 Å². The molecule has 1 aromatic heterocycles. The third kappa shape index (κ3) is 28.2. The summed E-state index contributed by atoms with van der Waals surface area (Å²) in [6.45, 7) is 2.82. The maximum atomic E-state index is 13.0. The molecule has 1 fully saturated rings. The van der Waals surface area contributed by atoms with E-state index in [-0.39, 0.29) is 25.3 Å². The largest absolute Gasteiger partial charge is 0.472 e. The van der Waals surface area contributed by atoms with Gasteiger partial charge in [-0.3, -0.25) is 23.2 Å². The maximum absolute atomic E-state index is 13.0. The van der Waals surface area contributed by atoms with Gasteiger partial charge in [-0.2, -0.15) is 10.2 Å². The molecule has 2 rings (SSSR count). The van der Waals surface area contributed by atoms with Crippen LogP contribution in [0.15, 0.2) is 17.1 Å². The molecule has 16 heteroatoms. The van der Waals surface area contributed by atoms with E-state index in [9.17, 15) is 34.2 Å². The average molecular weight is 939 g/mol. The molecule has 4 N–H and O–H groups in total. The first-order chi connectivity index (χ1) is 31.5. The molecule has 6 atom stereocenters. The van der Waals surface area contributed by atoms with Gasteiger partial charge in [0.25, 0.3) is 0 Å². The van der Waals surface area contributed by atoms with Crippen LogP contribution in [0.5, 0.6) is 0 Å². The van der Waals surface area contributed by atoms with Crippen LogP contribution < -0.4 is 11.4 Å². The number of phosphoric ester groups is 1. The second kappa shape index (κ2) is 37.2. The highest BCUT2D eigenvalue weighted by atomic mass is 31.2. The molecule has 1 aliphatic heterocycles. The number of carbonyl (C=O) groups is 2. The number of unbranched alkanes of at least 4 members (excludes halogenated alkanes) is 28. The fraction of sp³-hybridized carbons (Fsp3) is 0.857. The summed E-state index contributed by atoms with van der Waals surface area (Å²) in [5.74, 6) is -2.27. The SMILES string of the molecule is CCCCCCCCCCCCCCCCCC(=O)OCC(COP(=O)(O)OC[C@H]1O[C@@H](n2ccc(N)nc2=O)[C@@H](C#N)[C@@H]1O)OC(=O)CCCCCCCCCCCCCCCCC. The molecule has 1 aromatic rings. The number of aliphatic hydroxyl groups excluding tert-OH is 1. The predicted molar refractivity (Wildman–Crippen MR) is 254 cm³/mol. The zero-order chi connectivity index (χ0) is 47.4. The van der Waals surface area contributed by atoms with Crippen molar-refractivity contribution in [1.82, 2.24) is 9.55 Å². The van der Waals surface area contributed by atoms with E-state index in [1.165, 1.54) is 154 Å². The van der Waals surface area contributed by atoms with Crippen LogP contribution in [0.1, 0.15) is 226 Å². The summed E-state index contributed by atoms with van der Waals surface area (Å²) in [6, 6.07) is 3.22. The number of phosphoric acid groups is 1. The number of nitrogens with two attached hydrogens (primary N) is 1. The summed E-state index contributed by atoms with van der Waals surface area (Å²) in [7, 11) is -4.86. The Morgan fingerprint density at radius 3 is 1.60 bits per heavy atom. The molecule has 374 valence electrons. The molecule has 0 aromatic carbocycles. The average Bonchev–Trinajstić information content (AvgIpc) is 3.60. The Hall–Kier alpha value is -2.86. The van der Waals surface area contributed by atoms with Crippen LogP contribution in [-0.4, -0.2) is 69.6 Å². The van der Waals surface area contributed by atoms with Gasteiger partial charge in [0.1, 0.15) is 30.6 Å². The molecule has 0 bridgehead atoms. The van der Waals surface area contributed by atoms with Crippen molar-refractivity contribution in [1.29, 1.82) is 5.26 Å². The van der Waals surface area contributed by atoms with Gasteiger partial charge in [0.05, 0.1) is 19.3 Å². The number of nitrogens with zero attached hydrogens (tertiary/aromatic N) is 3. The van der Waals surface area contributed by atoms with Crippen molar-refractivity contribution < 1.29 is 47.4 Å². The van der Waals surface area contributed by atoms with Gasteiger partial charge in [-0.25, -0.2) is 9.36 Å². The van der Waals surface area contributed by atoms with Gasteiger partial charge in [0.2, 0.25) is 0 Å². The summed E-state index contributed by atoms with van der Waals surface area (Å²) < 4.78 is 41.0. The van der Waals surface area contributed by atoms with Gasteiger partial charge in [-0.15, -0.1) is 0 Å². The minimum atomic E-state index is -4.86. The Bertz CT molecular complexity index is 1540. The second-order valence-corrected chi connectivity index (χ2v) is 19.5. The van der Waals surface area contributed by atoms with E-state index < -0.39 is 69.1 Å². The highest BCUT2D eigenvalue weighted by Gasteiger charge is 2.46. The number of nitriles is 1. The Labute approximate surface area is 390 Å². The minimum absolute atomic E-state index is 0.0412. The zero-order valence-corrected chi connectivity index (χ0v) is 41.1. The first-order valence-electron chi connectivity index (χ1n) is 25.6. The van der Waals surface area contributed by atoms with E-state index in [1.54, 1.807) is 0 Å². The number of ether oxygens (including phenoxy) is 3.